The Hall–Kier alpha value is -1.02. The zero-order valence-electron chi connectivity index (χ0n) is 40.3. The molecule has 3 saturated heterocycles. The molecule has 4 saturated carbocycles. The molecule has 0 amide bonds. The van der Waals surface area contributed by atoms with Crippen LogP contribution in [0.2, 0.25) is 0 Å². The molecule has 388 valence electrons. The summed E-state index contributed by atoms with van der Waals surface area (Å²) < 4.78 is 37.1. The first-order valence-corrected chi connectivity index (χ1v) is 24.4. The third kappa shape index (κ3) is 9.24. The Balaban J connectivity index is 1.14. The Morgan fingerprint density at radius 3 is 1.67 bits per heavy atom. The van der Waals surface area contributed by atoms with Crippen molar-refractivity contribution in [2.75, 3.05) is 19.8 Å². The van der Waals surface area contributed by atoms with Crippen LogP contribution in [0.3, 0.4) is 0 Å². The third-order valence-corrected chi connectivity index (χ3v) is 18.7. The smallest absolute Gasteiger partial charge is 0.187 e. The predicted molar refractivity (Wildman–Crippen MR) is 235 cm³/mol. The highest BCUT2D eigenvalue weighted by Gasteiger charge is 2.72. The summed E-state index contributed by atoms with van der Waals surface area (Å²) in [6, 6.07) is 0. The maximum absolute atomic E-state index is 12.7. The van der Waals surface area contributed by atoms with Crippen LogP contribution in [0.4, 0.5) is 0 Å². The molecule has 19 heteroatoms. The molecule has 0 aromatic carbocycles. The molecule has 7 rings (SSSR count). The van der Waals surface area contributed by atoms with Crippen LogP contribution in [0.25, 0.3) is 0 Å². The zero-order valence-corrected chi connectivity index (χ0v) is 40.3. The lowest BCUT2D eigenvalue weighted by Crippen LogP contribution is -2.68. The van der Waals surface area contributed by atoms with E-state index < -0.39 is 146 Å². The first-order valence-electron chi connectivity index (χ1n) is 24.4. The van der Waals surface area contributed by atoms with Crippen molar-refractivity contribution in [2.24, 2.45) is 45.3 Å². The van der Waals surface area contributed by atoms with E-state index in [1.54, 1.807) is 19.9 Å². The number of ether oxygens (including phenoxy) is 6. The van der Waals surface area contributed by atoms with Crippen molar-refractivity contribution in [3.05, 3.63) is 12.2 Å². The van der Waals surface area contributed by atoms with Crippen LogP contribution < -0.4 is 0 Å². The Morgan fingerprint density at radius 2 is 1.10 bits per heavy atom. The Labute approximate surface area is 393 Å². The lowest BCUT2D eigenvalue weighted by molar-refractivity contribution is -0.378. The number of hydrogen-bond donors (Lipinski definition) is 13. The van der Waals surface area contributed by atoms with Crippen molar-refractivity contribution in [2.45, 2.75) is 222 Å². The van der Waals surface area contributed by atoms with Gasteiger partial charge >= 0.3 is 0 Å². The molecule has 25 atom stereocenters. The van der Waals surface area contributed by atoms with Crippen molar-refractivity contribution in [1.29, 1.82) is 0 Å². The largest absolute Gasteiger partial charge is 0.394 e. The van der Waals surface area contributed by atoms with Crippen LogP contribution in [-0.2, 0) is 28.4 Å². The van der Waals surface area contributed by atoms with Gasteiger partial charge in [-0.3, -0.25) is 0 Å². The van der Waals surface area contributed by atoms with E-state index in [0.29, 0.717) is 25.7 Å². The van der Waals surface area contributed by atoms with Gasteiger partial charge < -0.3 is 94.8 Å². The highest BCUT2D eigenvalue weighted by molar-refractivity contribution is 5.21. The van der Waals surface area contributed by atoms with Crippen LogP contribution in [0.15, 0.2) is 12.2 Å². The van der Waals surface area contributed by atoms with E-state index in [1.165, 1.54) is 0 Å². The minimum atomic E-state index is -1.80. The number of aliphatic hydroxyl groups is 13. The number of aliphatic hydroxyl groups excluding tert-OH is 12. The lowest BCUT2D eigenvalue weighted by atomic mass is 9.35. The van der Waals surface area contributed by atoms with Gasteiger partial charge in [0.15, 0.2) is 18.9 Å². The number of fused-ring (bicyclic) bond motifs is 5. The van der Waals surface area contributed by atoms with E-state index in [0.717, 1.165) is 19.3 Å². The minimum absolute atomic E-state index is 0.0608. The van der Waals surface area contributed by atoms with Crippen molar-refractivity contribution in [3.8, 4) is 0 Å². The van der Waals surface area contributed by atoms with Gasteiger partial charge in [-0.15, -0.1) is 0 Å². The Kier molecular flexibility index (Phi) is 15.6. The summed E-state index contributed by atoms with van der Waals surface area (Å²) in [6.07, 6.45) is -15.8. The molecule has 13 N–H and O–H groups in total. The molecule has 7 aliphatic rings. The van der Waals surface area contributed by atoms with Gasteiger partial charge in [0.25, 0.3) is 0 Å². The second-order valence-corrected chi connectivity index (χ2v) is 23.3. The molecule has 0 bridgehead atoms. The first kappa shape index (κ1) is 53.8. The Morgan fingerprint density at radius 1 is 0.582 bits per heavy atom. The highest BCUT2D eigenvalue weighted by Crippen LogP contribution is 2.76. The molecule has 4 aliphatic carbocycles. The van der Waals surface area contributed by atoms with Crippen molar-refractivity contribution in [1.82, 2.24) is 0 Å². The van der Waals surface area contributed by atoms with Gasteiger partial charge in [0.05, 0.1) is 43.2 Å². The summed E-state index contributed by atoms with van der Waals surface area (Å²) in [5.74, 6) is -0.422. The minimum Gasteiger partial charge on any atom is -0.394 e. The van der Waals surface area contributed by atoms with E-state index >= 15 is 0 Å². The van der Waals surface area contributed by atoms with Crippen LogP contribution in [-0.4, -0.2) is 202 Å². The van der Waals surface area contributed by atoms with Crippen LogP contribution in [0, 0.1) is 45.3 Å². The maximum atomic E-state index is 12.7. The summed E-state index contributed by atoms with van der Waals surface area (Å²) in [6.45, 7) is 14.5. The first-order chi connectivity index (χ1) is 31.1. The monoisotopic (exact) mass is 963 g/mol. The van der Waals surface area contributed by atoms with Gasteiger partial charge in [0.2, 0.25) is 0 Å². The van der Waals surface area contributed by atoms with E-state index in [4.69, 9.17) is 28.4 Å². The van der Waals surface area contributed by atoms with Crippen LogP contribution in [0.1, 0.15) is 107 Å². The highest BCUT2D eigenvalue weighted by atomic mass is 16.8. The standard InChI is InChI=1S/C48H82O19/c1-43(2,61)13-9-14-48(8,67-41-38(60)35(57)32(54)25(20-50)63-41)22-10-16-47(7)30(22)23(52)18-28-45(5)15-12-29(44(3,4)27(45)11-17-46(28,47)6)65-42-39(36(58)33(55)26(21-51)64-42)66-40-37(59)34(56)31(53)24(19-49)62-40/h9,13,22-42,49-61H,10-12,14-21H2,1-8H3/b13-9+. The fourth-order valence-corrected chi connectivity index (χ4v) is 14.8. The van der Waals surface area contributed by atoms with E-state index in [9.17, 15) is 66.4 Å². The number of hydrogen-bond acceptors (Lipinski definition) is 19. The van der Waals surface area contributed by atoms with Gasteiger partial charge in [-0.1, -0.05) is 46.8 Å². The fourth-order valence-electron chi connectivity index (χ4n) is 14.8. The van der Waals surface area contributed by atoms with Crippen LogP contribution in [0.5, 0.6) is 0 Å². The molecule has 25 unspecified atom stereocenters. The summed E-state index contributed by atoms with van der Waals surface area (Å²) in [5, 5.41) is 139. The molecular weight excluding hydrogens is 881 g/mol. The fraction of sp³-hybridized carbons (Fsp3) is 0.958. The summed E-state index contributed by atoms with van der Waals surface area (Å²) >= 11 is 0. The zero-order chi connectivity index (χ0) is 49.6. The van der Waals surface area contributed by atoms with E-state index in [1.807, 2.05) is 13.0 Å². The molecule has 3 aliphatic heterocycles. The normalized spacial score (nSPS) is 52.3. The molecule has 7 fully saturated rings. The van der Waals surface area contributed by atoms with E-state index in [2.05, 4.69) is 34.6 Å². The summed E-state index contributed by atoms with van der Waals surface area (Å²) in [4.78, 5) is 0. The molecule has 0 aromatic heterocycles. The maximum Gasteiger partial charge on any atom is 0.187 e. The van der Waals surface area contributed by atoms with Gasteiger partial charge in [-0.25, -0.2) is 0 Å². The quantitative estimate of drug-likeness (QED) is 0.0773. The topological polar surface area (TPSA) is 318 Å². The molecule has 0 spiro atoms. The van der Waals surface area contributed by atoms with E-state index in [-0.39, 0.29) is 40.9 Å². The second kappa shape index (κ2) is 19.4. The number of rotatable bonds is 13. The molecule has 0 aromatic rings. The molecule has 67 heavy (non-hydrogen) atoms. The van der Waals surface area contributed by atoms with Crippen molar-refractivity contribution in [3.63, 3.8) is 0 Å². The van der Waals surface area contributed by atoms with Gasteiger partial charge in [-0.05, 0) is 117 Å². The molecular formula is C48H82O19. The molecule has 0 radical (unpaired) electrons. The Bertz CT molecular complexity index is 1710. The second-order valence-electron chi connectivity index (χ2n) is 23.3. The summed E-state index contributed by atoms with van der Waals surface area (Å²) in [7, 11) is 0. The van der Waals surface area contributed by atoms with Crippen LogP contribution >= 0.6 is 0 Å². The molecule has 19 nitrogen and oxygen atoms in total. The SMILES string of the molecule is CC(C)(O)/C=C/CC(C)(OC1OC(CO)C(O)C(O)C1O)C1CCC2(C)C1C(O)CC1C3(C)CCC(OC4OC(CO)C(O)C(O)C4OC4OC(CO)C(O)C(O)C4O)C(C)(C)C3CCC12C. The average molecular weight is 963 g/mol. The lowest BCUT2D eigenvalue weighted by Gasteiger charge is -2.71. The van der Waals surface area contributed by atoms with Crippen molar-refractivity contribution < 1.29 is 94.8 Å². The third-order valence-electron chi connectivity index (χ3n) is 18.7. The summed E-state index contributed by atoms with van der Waals surface area (Å²) in [5.41, 5.74) is -3.75. The van der Waals surface area contributed by atoms with Gasteiger partial charge in [0, 0.05) is 0 Å². The molecule has 3 heterocycles. The van der Waals surface area contributed by atoms with Crippen molar-refractivity contribution >= 4 is 0 Å². The predicted octanol–water partition coefficient (Wildman–Crippen LogP) is -1.06. The van der Waals surface area contributed by atoms with Gasteiger partial charge in [-0.2, -0.15) is 0 Å². The average Bonchev–Trinajstić information content (AvgIpc) is 3.65. The van der Waals surface area contributed by atoms with Gasteiger partial charge in [0.1, 0.15) is 73.2 Å².